The molecule has 1 aliphatic heterocycles. The average Bonchev–Trinajstić information content (AvgIpc) is 3.34. The molecule has 0 amide bonds. The number of likely N-dealkylation sites (tertiary alicyclic amines) is 1. The zero-order valence-corrected chi connectivity index (χ0v) is 15.2. The SMILES string of the molecule is Cn1c(=O)c2ccccc2n2c(CN3CCCC3c3ccccc3)nnc12. The number of benzene rings is 2. The van der Waals surface area contributed by atoms with Gasteiger partial charge >= 0.3 is 0 Å². The van der Waals surface area contributed by atoms with Crippen molar-refractivity contribution in [1.29, 1.82) is 0 Å². The van der Waals surface area contributed by atoms with Crippen molar-refractivity contribution in [1.82, 2.24) is 24.1 Å². The summed E-state index contributed by atoms with van der Waals surface area (Å²) in [6.45, 7) is 1.75. The molecule has 1 unspecified atom stereocenters. The van der Waals surface area contributed by atoms with Crippen LogP contribution in [0.2, 0.25) is 0 Å². The van der Waals surface area contributed by atoms with Crippen LogP contribution in [0.1, 0.15) is 30.3 Å². The van der Waals surface area contributed by atoms with E-state index in [1.807, 2.05) is 28.7 Å². The fourth-order valence-corrected chi connectivity index (χ4v) is 4.24. The maximum atomic E-state index is 12.6. The Labute approximate surface area is 156 Å². The minimum Gasteiger partial charge on any atom is -0.289 e. The van der Waals surface area contributed by atoms with Crippen molar-refractivity contribution >= 4 is 16.7 Å². The summed E-state index contributed by atoms with van der Waals surface area (Å²) < 4.78 is 3.61. The Bertz CT molecular complexity index is 1180. The minimum atomic E-state index is -0.0413. The molecule has 0 bridgehead atoms. The molecule has 0 spiro atoms. The zero-order chi connectivity index (χ0) is 18.4. The molecular weight excluding hydrogens is 338 g/mol. The molecule has 0 N–H and O–H groups in total. The molecule has 4 aromatic rings. The largest absolute Gasteiger partial charge is 0.289 e. The van der Waals surface area contributed by atoms with E-state index in [0.29, 0.717) is 23.8 Å². The average molecular weight is 359 g/mol. The second-order valence-corrected chi connectivity index (χ2v) is 7.17. The lowest BCUT2D eigenvalue weighted by molar-refractivity contribution is 0.241. The van der Waals surface area contributed by atoms with Gasteiger partial charge in [-0.2, -0.15) is 0 Å². The van der Waals surface area contributed by atoms with Crippen molar-refractivity contribution in [3.8, 4) is 0 Å². The van der Waals surface area contributed by atoms with Gasteiger partial charge < -0.3 is 0 Å². The Hall–Kier alpha value is -2.99. The Morgan fingerprint density at radius 2 is 1.81 bits per heavy atom. The van der Waals surface area contributed by atoms with Gasteiger partial charge in [-0.3, -0.25) is 18.7 Å². The summed E-state index contributed by atoms with van der Waals surface area (Å²) in [5.41, 5.74) is 2.17. The number of hydrogen-bond donors (Lipinski definition) is 0. The van der Waals surface area contributed by atoms with Gasteiger partial charge in [-0.25, -0.2) is 0 Å². The zero-order valence-electron chi connectivity index (χ0n) is 15.2. The molecular formula is C21H21N5O. The summed E-state index contributed by atoms with van der Waals surface area (Å²) in [7, 11) is 1.76. The summed E-state index contributed by atoms with van der Waals surface area (Å²) in [6.07, 6.45) is 2.33. The summed E-state index contributed by atoms with van der Waals surface area (Å²) in [4.78, 5) is 15.1. The van der Waals surface area contributed by atoms with Crippen molar-refractivity contribution in [3.63, 3.8) is 0 Å². The maximum absolute atomic E-state index is 12.6. The molecule has 5 rings (SSSR count). The van der Waals surface area contributed by atoms with E-state index in [-0.39, 0.29) is 5.56 Å². The van der Waals surface area contributed by atoms with E-state index in [1.165, 1.54) is 12.0 Å². The predicted molar refractivity (Wildman–Crippen MR) is 105 cm³/mol. The third-order valence-electron chi connectivity index (χ3n) is 5.59. The molecule has 2 aromatic heterocycles. The molecule has 1 atom stereocenters. The second-order valence-electron chi connectivity index (χ2n) is 7.17. The number of aryl methyl sites for hydroxylation is 1. The molecule has 0 saturated carbocycles. The number of aromatic nitrogens is 4. The number of hydrogen-bond acceptors (Lipinski definition) is 4. The van der Waals surface area contributed by atoms with Crippen LogP contribution in [-0.2, 0) is 13.6 Å². The first-order chi connectivity index (χ1) is 13.2. The predicted octanol–water partition coefficient (Wildman–Crippen LogP) is 2.92. The standard InChI is InChI=1S/C21H21N5O/c1-24-20(27)16-10-5-6-11-18(16)26-19(22-23-21(24)26)14-25-13-7-12-17(25)15-8-3-2-4-9-15/h2-6,8-11,17H,7,12-14H2,1H3. The summed E-state index contributed by atoms with van der Waals surface area (Å²) in [5.74, 6) is 1.46. The fourth-order valence-electron chi connectivity index (χ4n) is 4.24. The molecule has 0 radical (unpaired) electrons. The van der Waals surface area contributed by atoms with Gasteiger partial charge in [0.05, 0.1) is 17.4 Å². The lowest BCUT2D eigenvalue weighted by atomic mass is 10.0. The molecule has 6 nitrogen and oxygen atoms in total. The van der Waals surface area contributed by atoms with Gasteiger partial charge in [-0.1, -0.05) is 42.5 Å². The van der Waals surface area contributed by atoms with Crippen molar-refractivity contribution in [2.75, 3.05) is 6.54 Å². The van der Waals surface area contributed by atoms with Gasteiger partial charge in [0.2, 0.25) is 5.78 Å². The second kappa shape index (κ2) is 6.32. The Balaban J connectivity index is 1.61. The highest BCUT2D eigenvalue weighted by Gasteiger charge is 2.27. The highest BCUT2D eigenvalue weighted by Crippen LogP contribution is 2.33. The third kappa shape index (κ3) is 2.56. The van der Waals surface area contributed by atoms with E-state index in [4.69, 9.17) is 0 Å². The van der Waals surface area contributed by atoms with Crippen LogP contribution in [0.15, 0.2) is 59.4 Å². The molecule has 1 saturated heterocycles. The lowest BCUT2D eigenvalue weighted by Crippen LogP contribution is -2.25. The molecule has 2 aromatic carbocycles. The summed E-state index contributed by atoms with van der Waals surface area (Å²) in [5, 5.41) is 9.46. The lowest BCUT2D eigenvalue weighted by Gasteiger charge is -2.24. The van der Waals surface area contributed by atoms with E-state index in [1.54, 1.807) is 11.6 Å². The van der Waals surface area contributed by atoms with Gasteiger partial charge in [0.25, 0.3) is 5.56 Å². The van der Waals surface area contributed by atoms with Crippen LogP contribution in [0.4, 0.5) is 0 Å². The third-order valence-corrected chi connectivity index (χ3v) is 5.59. The Morgan fingerprint density at radius 3 is 2.67 bits per heavy atom. The molecule has 6 heteroatoms. The maximum Gasteiger partial charge on any atom is 0.262 e. The van der Waals surface area contributed by atoms with Crippen molar-refractivity contribution in [2.24, 2.45) is 7.05 Å². The first kappa shape index (κ1) is 16.2. The van der Waals surface area contributed by atoms with Gasteiger partial charge in [0.1, 0.15) is 0 Å². The van der Waals surface area contributed by atoms with E-state index < -0.39 is 0 Å². The topological polar surface area (TPSA) is 55.4 Å². The summed E-state index contributed by atoms with van der Waals surface area (Å²) >= 11 is 0. The highest BCUT2D eigenvalue weighted by molar-refractivity contribution is 5.80. The van der Waals surface area contributed by atoms with E-state index in [9.17, 15) is 4.79 Å². The van der Waals surface area contributed by atoms with Crippen molar-refractivity contribution in [2.45, 2.75) is 25.4 Å². The fraction of sp³-hybridized carbons (Fsp3) is 0.286. The monoisotopic (exact) mass is 359 g/mol. The Morgan fingerprint density at radius 1 is 1.04 bits per heavy atom. The van der Waals surface area contributed by atoms with Crippen LogP contribution in [0, 0.1) is 0 Å². The molecule has 3 heterocycles. The van der Waals surface area contributed by atoms with E-state index >= 15 is 0 Å². The first-order valence-corrected chi connectivity index (χ1v) is 9.35. The highest BCUT2D eigenvalue weighted by atomic mass is 16.1. The van der Waals surface area contributed by atoms with Gasteiger partial charge in [-0.05, 0) is 37.1 Å². The first-order valence-electron chi connectivity index (χ1n) is 9.35. The van der Waals surface area contributed by atoms with E-state index in [0.717, 1.165) is 24.3 Å². The van der Waals surface area contributed by atoms with Crippen LogP contribution < -0.4 is 5.56 Å². The van der Waals surface area contributed by atoms with Crippen LogP contribution in [-0.4, -0.2) is 30.6 Å². The smallest absolute Gasteiger partial charge is 0.262 e. The van der Waals surface area contributed by atoms with Gasteiger partial charge in [0, 0.05) is 13.1 Å². The van der Waals surface area contributed by atoms with Gasteiger partial charge in [0.15, 0.2) is 5.82 Å². The Kier molecular flexibility index (Phi) is 3.79. The summed E-state index contributed by atoms with van der Waals surface area (Å²) in [6, 6.07) is 18.7. The van der Waals surface area contributed by atoms with Crippen LogP contribution in [0.25, 0.3) is 16.7 Å². The van der Waals surface area contributed by atoms with Crippen LogP contribution in [0.5, 0.6) is 0 Å². The van der Waals surface area contributed by atoms with Crippen LogP contribution >= 0.6 is 0 Å². The van der Waals surface area contributed by atoms with E-state index in [2.05, 4.69) is 45.4 Å². The number of nitrogens with zero attached hydrogens (tertiary/aromatic N) is 5. The number of fused-ring (bicyclic) bond motifs is 3. The quantitative estimate of drug-likeness (QED) is 0.564. The molecule has 0 aliphatic carbocycles. The van der Waals surface area contributed by atoms with Crippen molar-refractivity contribution in [3.05, 3.63) is 76.3 Å². The van der Waals surface area contributed by atoms with Gasteiger partial charge in [-0.15, -0.1) is 10.2 Å². The normalized spacial score (nSPS) is 17.9. The minimum absolute atomic E-state index is 0.0413. The number of para-hydroxylation sites is 1. The molecule has 27 heavy (non-hydrogen) atoms. The molecule has 136 valence electrons. The van der Waals surface area contributed by atoms with Crippen LogP contribution in [0.3, 0.4) is 0 Å². The number of rotatable bonds is 3. The molecule has 1 fully saturated rings. The van der Waals surface area contributed by atoms with Crippen molar-refractivity contribution < 1.29 is 0 Å². The molecule has 1 aliphatic rings.